The number of carbonyl (C=O) groups excluding carboxylic acids is 1. The van der Waals surface area contributed by atoms with Crippen LogP contribution in [0.25, 0.3) is 11.0 Å². The normalized spacial score (nSPS) is 16.8. The molecule has 7 heteroatoms. The van der Waals surface area contributed by atoms with Crippen LogP contribution < -0.4 is 10.1 Å². The van der Waals surface area contributed by atoms with Crippen molar-refractivity contribution in [3.63, 3.8) is 0 Å². The van der Waals surface area contributed by atoms with Crippen molar-refractivity contribution in [1.82, 2.24) is 15.1 Å². The molecule has 1 aromatic carbocycles. The molecule has 154 valence electrons. The van der Waals surface area contributed by atoms with Crippen molar-refractivity contribution < 1.29 is 13.9 Å². The number of fused-ring (bicyclic) bond motifs is 1. The summed E-state index contributed by atoms with van der Waals surface area (Å²) in [4.78, 5) is 19.0. The Bertz CT molecular complexity index is 975. The molecule has 1 saturated heterocycles. The monoisotopic (exact) mass is 413 g/mol. The molecular weight excluding hydrogens is 386 g/mol. The van der Waals surface area contributed by atoms with E-state index in [0.29, 0.717) is 17.9 Å². The lowest BCUT2D eigenvalue weighted by atomic mass is 10.1. The minimum atomic E-state index is -0.173. The third kappa shape index (κ3) is 4.17. The van der Waals surface area contributed by atoms with Crippen molar-refractivity contribution in [2.75, 3.05) is 46.9 Å². The number of methoxy groups -OCH3 is 1. The predicted molar refractivity (Wildman–Crippen MR) is 116 cm³/mol. The molecule has 29 heavy (non-hydrogen) atoms. The molecule has 0 bridgehead atoms. The van der Waals surface area contributed by atoms with E-state index in [2.05, 4.69) is 39.7 Å². The molecule has 0 radical (unpaired) electrons. The summed E-state index contributed by atoms with van der Waals surface area (Å²) in [5.74, 6) is 0.950. The first-order chi connectivity index (χ1) is 14.1. The highest BCUT2D eigenvalue weighted by Crippen LogP contribution is 2.29. The number of aryl methyl sites for hydroxylation is 1. The number of thiophene rings is 1. The summed E-state index contributed by atoms with van der Waals surface area (Å²) in [7, 11) is 3.78. The maximum atomic E-state index is 12.9. The molecule has 1 aliphatic heterocycles. The Morgan fingerprint density at radius 1 is 1.28 bits per heavy atom. The molecule has 0 spiro atoms. The highest BCUT2D eigenvalue weighted by molar-refractivity contribution is 7.10. The van der Waals surface area contributed by atoms with E-state index in [1.807, 2.05) is 25.1 Å². The minimum absolute atomic E-state index is 0.173. The van der Waals surface area contributed by atoms with Crippen LogP contribution in [0.3, 0.4) is 0 Å². The lowest BCUT2D eigenvalue weighted by Crippen LogP contribution is -2.48. The van der Waals surface area contributed by atoms with Crippen LogP contribution in [-0.4, -0.2) is 62.6 Å². The molecule has 1 atom stereocenters. The Balaban J connectivity index is 1.51. The molecular formula is C22H27N3O3S. The smallest absolute Gasteiger partial charge is 0.287 e. The molecule has 0 unspecified atom stereocenters. The Morgan fingerprint density at radius 3 is 2.76 bits per heavy atom. The minimum Gasteiger partial charge on any atom is -0.497 e. The van der Waals surface area contributed by atoms with Crippen molar-refractivity contribution in [2.24, 2.45) is 0 Å². The van der Waals surface area contributed by atoms with Gasteiger partial charge in [-0.25, -0.2) is 0 Å². The Kier molecular flexibility index (Phi) is 5.89. The molecule has 3 heterocycles. The van der Waals surface area contributed by atoms with Gasteiger partial charge < -0.3 is 19.4 Å². The molecule has 1 amide bonds. The van der Waals surface area contributed by atoms with Crippen molar-refractivity contribution >= 4 is 28.2 Å². The Morgan fingerprint density at radius 2 is 2.07 bits per heavy atom. The second kappa shape index (κ2) is 8.57. The van der Waals surface area contributed by atoms with Gasteiger partial charge in [-0.05, 0) is 43.6 Å². The third-order valence-electron chi connectivity index (χ3n) is 5.66. The quantitative estimate of drug-likeness (QED) is 0.670. The average molecular weight is 414 g/mol. The van der Waals surface area contributed by atoms with Gasteiger partial charge in [0, 0.05) is 48.6 Å². The fraction of sp³-hybridized carbons (Fsp3) is 0.409. The fourth-order valence-corrected chi connectivity index (χ4v) is 4.70. The lowest BCUT2D eigenvalue weighted by molar-refractivity contribution is 0.0867. The molecule has 0 aliphatic carbocycles. The number of furan rings is 1. The zero-order valence-corrected chi connectivity index (χ0v) is 17.9. The summed E-state index contributed by atoms with van der Waals surface area (Å²) in [6.45, 7) is 6.55. The summed E-state index contributed by atoms with van der Waals surface area (Å²) in [6.07, 6.45) is 0. The zero-order chi connectivity index (χ0) is 20.4. The molecule has 6 nitrogen and oxygen atoms in total. The van der Waals surface area contributed by atoms with E-state index in [1.54, 1.807) is 18.4 Å². The number of hydrogen-bond acceptors (Lipinski definition) is 6. The number of carbonyl (C=O) groups is 1. The van der Waals surface area contributed by atoms with Gasteiger partial charge in [-0.3, -0.25) is 9.69 Å². The van der Waals surface area contributed by atoms with Crippen LogP contribution in [0.5, 0.6) is 5.75 Å². The zero-order valence-electron chi connectivity index (χ0n) is 17.1. The lowest BCUT2D eigenvalue weighted by Gasteiger charge is -2.37. The number of hydrogen-bond donors (Lipinski definition) is 1. The maximum Gasteiger partial charge on any atom is 0.287 e. The molecule has 1 fully saturated rings. The summed E-state index contributed by atoms with van der Waals surface area (Å²) < 4.78 is 11.1. The fourth-order valence-electron chi connectivity index (χ4n) is 3.84. The van der Waals surface area contributed by atoms with Crippen LogP contribution in [-0.2, 0) is 0 Å². The number of ether oxygens (including phenoxy) is 1. The molecule has 1 N–H and O–H groups in total. The summed E-state index contributed by atoms with van der Waals surface area (Å²) >= 11 is 1.74. The Labute approximate surface area is 175 Å². The van der Waals surface area contributed by atoms with Crippen LogP contribution in [0, 0.1) is 6.92 Å². The molecule has 4 rings (SSSR count). The van der Waals surface area contributed by atoms with Crippen molar-refractivity contribution in [1.29, 1.82) is 0 Å². The molecule has 2 aromatic heterocycles. The largest absolute Gasteiger partial charge is 0.497 e. The highest BCUT2D eigenvalue weighted by atomic mass is 32.1. The molecule has 0 saturated carbocycles. The van der Waals surface area contributed by atoms with E-state index in [-0.39, 0.29) is 11.9 Å². The Hall–Kier alpha value is -2.35. The van der Waals surface area contributed by atoms with E-state index in [1.165, 1.54) is 4.88 Å². The van der Waals surface area contributed by atoms with Gasteiger partial charge in [-0.15, -0.1) is 11.3 Å². The summed E-state index contributed by atoms with van der Waals surface area (Å²) in [6, 6.07) is 9.99. The van der Waals surface area contributed by atoms with Gasteiger partial charge in [0.25, 0.3) is 5.91 Å². The first kappa shape index (κ1) is 19.9. The van der Waals surface area contributed by atoms with Gasteiger partial charge in [0.15, 0.2) is 5.76 Å². The van der Waals surface area contributed by atoms with Gasteiger partial charge in [-0.1, -0.05) is 6.07 Å². The van der Waals surface area contributed by atoms with Crippen molar-refractivity contribution in [3.8, 4) is 5.75 Å². The van der Waals surface area contributed by atoms with E-state index in [9.17, 15) is 4.79 Å². The molecule has 1 aliphatic rings. The number of rotatable bonds is 6. The van der Waals surface area contributed by atoms with E-state index in [0.717, 1.165) is 42.9 Å². The maximum absolute atomic E-state index is 12.9. The SMILES string of the molecule is COc1ccc2oc(C(=O)NC[C@@H](c3cccs3)N3CCN(C)CC3)c(C)c2c1. The van der Waals surface area contributed by atoms with Gasteiger partial charge in [0.05, 0.1) is 13.2 Å². The number of nitrogens with one attached hydrogen (secondary N) is 1. The number of piperazine rings is 1. The van der Waals surface area contributed by atoms with Gasteiger partial charge in [-0.2, -0.15) is 0 Å². The van der Waals surface area contributed by atoms with E-state index < -0.39 is 0 Å². The highest BCUT2D eigenvalue weighted by Gasteiger charge is 2.26. The van der Waals surface area contributed by atoms with Crippen LogP contribution in [0.4, 0.5) is 0 Å². The van der Waals surface area contributed by atoms with Crippen LogP contribution in [0.1, 0.15) is 27.0 Å². The van der Waals surface area contributed by atoms with E-state index in [4.69, 9.17) is 9.15 Å². The predicted octanol–water partition coefficient (Wildman–Crippen LogP) is 3.53. The van der Waals surface area contributed by atoms with Gasteiger partial charge in [0.2, 0.25) is 0 Å². The average Bonchev–Trinajstić information content (AvgIpc) is 3.37. The topological polar surface area (TPSA) is 58.0 Å². The van der Waals surface area contributed by atoms with Gasteiger partial charge in [0.1, 0.15) is 11.3 Å². The number of likely N-dealkylation sites (N-methyl/N-ethyl adjacent to an activating group) is 1. The first-order valence-corrected chi connectivity index (χ1v) is 10.8. The van der Waals surface area contributed by atoms with Crippen LogP contribution in [0.2, 0.25) is 0 Å². The first-order valence-electron chi connectivity index (χ1n) is 9.88. The number of nitrogens with zero attached hydrogens (tertiary/aromatic N) is 2. The van der Waals surface area contributed by atoms with Crippen LogP contribution in [0.15, 0.2) is 40.1 Å². The number of amides is 1. The number of benzene rings is 1. The summed E-state index contributed by atoms with van der Waals surface area (Å²) in [5.41, 5.74) is 1.53. The second-order valence-corrected chi connectivity index (χ2v) is 8.48. The van der Waals surface area contributed by atoms with Crippen molar-refractivity contribution in [2.45, 2.75) is 13.0 Å². The van der Waals surface area contributed by atoms with E-state index >= 15 is 0 Å². The van der Waals surface area contributed by atoms with Gasteiger partial charge >= 0.3 is 0 Å². The molecule has 3 aromatic rings. The second-order valence-electron chi connectivity index (χ2n) is 7.50. The van der Waals surface area contributed by atoms with Crippen LogP contribution >= 0.6 is 11.3 Å². The standard InChI is InChI=1S/C22H27N3O3S/c1-15-17-13-16(27-3)6-7-19(17)28-21(15)22(26)23-14-18(20-5-4-12-29-20)25-10-8-24(2)9-11-25/h4-7,12-13,18H,8-11,14H2,1-3H3,(H,23,26)/t18-/m0/s1. The third-order valence-corrected chi connectivity index (χ3v) is 6.63. The summed E-state index contributed by atoms with van der Waals surface area (Å²) in [5, 5.41) is 6.11. The van der Waals surface area contributed by atoms with Crippen molar-refractivity contribution in [3.05, 3.63) is 51.9 Å².